The maximum Gasteiger partial charge on any atom is 0.156 e. The topological polar surface area (TPSA) is 71.2 Å². The van der Waals surface area contributed by atoms with Crippen LogP contribution in [0.2, 0.25) is 0 Å². The van der Waals surface area contributed by atoms with Crippen molar-refractivity contribution < 1.29 is 0 Å². The molecule has 0 atom stereocenters. The van der Waals surface area contributed by atoms with Gasteiger partial charge < -0.3 is 15.5 Å². The Morgan fingerprint density at radius 3 is 2.64 bits per heavy atom. The standard InChI is InChI=1S/C18H20N6S/c1-23-8-10-24(11-9-23)17-15(19)18(22-12-21-17)25-14-6-2-4-13-5-3-7-20-16(13)14/h2-7,12H,8-11,19H2,1H3. The first-order valence-electron chi connectivity index (χ1n) is 8.28. The lowest BCUT2D eigenvalue weighted by Gasteiger charge is -2.33. The van der Waals surface area contributed by atoms with Crippen molar-refractivity contribution in [3.8, 4) is 0 Å². The lowest BCUT2D eigenvalue weighted by molar-refractivity contribution is 0.312. The molecule has 128 valence electrons. The molecule has 1 fully saturated rings. The van der Waals surface area contributed by atoms with Gasteiger partial charge in [0, 0.05) is 42.7 Å². The summed E-state index contributed by atoms with van der Waals surface area (Å²) in [5.74, 6) is 0.832. The van der Waals surface area contributed by atoms with Gasteiger partial charge in [-0.2, -0.15) is 0 Å². The molecule has 1 aliphatic rings. The number of likely N-dealkylation sites (N-methyl/N-ethyl adjacent to an activating group) is 1. The Hall–Kier alpha value is -2.38. The fourth-order valence-electron chi connectivity index (χ4n) is 2.99. The molecule has 0 unspecified atom stereocenters. The minimum atomic E-state index is 0.644. The van der Waals surface area contributed by atoms with Gasteiger partial charge in [-0.15, -0.1) is 0 Å². The molecule has 2 N–H and O–H groups in total. The predicted octanol–water partition coefficient (Wildman–Crippen LogP) is 2.51. The number of nitrogens with two attached hydrogens (primary N) is 1. The van der Waals surface area contributed by atoms with E-state index < -0.39 is 0 Å². The van der Waals surface area contributed by atoms with Gasteiger partial charge in [0.2, 0.25) is 0 Å². The summed E-state index contributed by atoms with van der Waals surface area (Å²) in [6, 6.07) is 10.2. The molecule has 4 rings (SSSR count). The number of benzene rings is 1. The lowest BCUT2D eigenvalue weighted by Crippen LogP contribution is -2.45. The van der Waals surface area contributed by atoms with E-state index in [0.717, 1.165) is 52.8 Å². The van der Waals surface area contributed by atoms with Crippen LogP contribution in [0.3, 0.4) is 0 Å². The average molecular weight is 352 g/mol. The van der Waals surface area contributed by atoms with Crippen LogP contribution in [0.5, 0.6) is 0 Å². The quantitative estimate of drug-likeness (QED) is 0.726. The summed E-state index contributed by atoms with van der Waals surface area (Å²) < 4.78 is 0. The van der Waals surface area contributed by atoms with E-state index in [4.69, 9.17) is 5.73 Å². The van der Waals surface area contributed by atoms with Crippen molar-refractivity contribution in [2.45, 2.75) is 9.92 Å². The van der Waals surface area contributed by atoms with E-state index in [-0.39, 0.29) is 0 Å². The van der Waals surface area contributed by atoms with Gasteiger partial charge in [0.05, 0.1) is 5.52 Å². The summed E-state index contributed by atoms with van der Waals surface area (Å²) in [6.07, 6.45) is 3.41. The third-order valence-electron chi connectivity index (χ3n) is 4.43. The van der Waals surface area contributed by atoms with Gasteiger partial charge in [-0.3, -0.25) is 4.98 Å². The Kier molecular flexibility index (Phi) is 4.42. The number of piperazine rings is 1. The van der Waals surface area contributed by atoms with Gasteiger partial charge in [0.1, 0.15) is 17.0 Å². The van der Waals surface area contributed by atoms with Crippen LogP contribution in [0.15, 0.2) is 52.8 Å². The first kappa shape index (κ1) is 16.1. The normalized spacial score (nSPS) is 15.6. The lowest BCUT2D eigenvalue weighted by atomic mass is 10.2. The number of hydrogen-bond acceptors (Lipinski definition) is 7. The molecule has 0 bridgehead atoms. The number of nitrogens with zero attached hydrogens (tertiary/aromatic N) is 5. The summed E-state index contributed by atoms with van der Waals surface area (Å²) in [6.45, 7) is 3.88. The van der Waals surface area contributed by atoms with E-state index in [1.165, 1.54) is 0 Å². The number of aromatic nitrogens is 3. The summed E-state index contributed by atoms with van der Waals surface area (Å²) >= 11 is 1.55. The number of para-hydroxylation sites is 1. The molecule has 2 aromatic heterocycles. The first-order chi connectivity index (χ1) is 12.2. The van der Waals surface area contributed by atoms with Gasteiger partial charge in [0.15, 0.2) is 5.82 Å². The van der Waals surface area contributed by atoms with Gasteiger partial charge >= 0.3 is 0 Å². The number of hydrogen-bond donors (Lipinski definition) is 1. The summed E-state index contributed by atoms with van der Waals surface area (Å²) in [5.41, 5.74) is 8.03. The molecule has 25 heavy (non-hydrogen) atoms. The number of rotatable bonds is 3. The van der Waals surface area contributed by atoms with Crippen molar-refractivity contribution in [1.29, 1.82) is 0 Å². The summed E-state index contributed by atoms with van der Waals surface area (Å²) in [7, 11) is 2.13. The highest BCUT2D eigenvalue weighted by Gasteiger charge is 2.20. The van der Waals surface area contributed by atoms with Crippen molar-refractivity contribution in [2.24, 2.45) is 0 Å². The zero-order valence-corrected chi connectivity index (χ0v) is 14.9. The molecule has 3 aromatic rings. The highest BCUT2D eigenvalue weighted by Crippen LogP contribution is 2.37. The molecule has 0 aliphatic carbocycles. The zero-order valence-electron chi connectivity index (χ0n) is 14.1. The second kappa shape index (κ2) is 6.85. The molecule has 3 heterocycles. The molecule has 1 aliphatic heterocycles. The van der Waals surface area contributed by atoms with Crippen LogP contribution in [0.25, 0.3) is 10.9 Å². The molecule has 6 nitrogen and oxygen atoms in total. The molecule has 1 aromatic carbocycles. The van der Waals surface area contributed by atoms with E-state index in [2.05, 4.69) is 50.0 Å². The average Bonchev–Trinajstić information content (AvgIpc) is 2.65. The Morgan fingerprint density at radius 1 is 1.00 bits per heavy atom. The second-order valence-corrected chi connectivity index (χ2v) is 7.17. The zero-order chi connectivity index (χ0) is 17.2. The maximum absolute atomic E-state index is 6.42. The third-order valence-corrected chi connectivity index (χ3v) is 5.50. The maximum atomic E-state index is 6.42. The van der Waals surface area contributed by atoms with Crippen LogP contribution in [0.1, 0.15) is 0 Å². The highest BCUT2D eigenvalue weighted by molar-refractivity contribution is 7.99. The molecular formula is C18H20N6S. The minimum Gasteiger partial charge on any atom is -0.394 e. The number of anilines is 2. The molecular weight excluding hydrogens is 332 g/mol. The van der Waals surface area contributed by atoms with Gasteiger partial charge in [0.25, 0.3) is 0 Å². The van der Waals surface area contributed by atoms with E-state index in [1.807, 2.05) is 18.3 Å². The molecule has 0 saturated carbocycles. The summed E-state index contributed by atoms with van der Waals surface area (Å²) in [5, 5.41) is 1.89. The molecule has 0 radical (unpaired) electrons. The fraction of sp³-hybridized carbons (Fsp3) is 0.278. The second-order valence-electron chi connectivity index (χ2n) is 6.14. The Balaban J connectivity index is 1.66. The van der Waals surface area contributed by atoms with E-state index in [9.17, 15) is 0 Å². The minimum absolute atomic E-state index is 0.644. The molecule has 0 spiro atoms. The Morgan fingerprint density at radius 2 is 1.80 bits per heavy atom. The number of pyridine rings is 1. The Bertz CT molecular complexity index is 886. The van der Waals surface area contributed by atoms with Crippen LogP contribution in [0, 0.1) is 0 Å². The number of nitrogen functional groups attached to an aromatic ring is 1. The van der Waals surface area contributed by atoms with Gasteiger partial charge in [-0.1, -0.05) is 30.0 Å². The van der Waals surface area contributed by atoms with E-state index >= 15 is 0 Å². The SMILES string of the molecule is CN1CCN(c2ncnc(Sc3cccc4cccnc34)c2N)CC1. The van der Waals surface area contributed by atoms with Crippen molar-refractivity contribution in [2.75, 3.05) is 43.9 Å². The highest BCUT2D eigenvalue weighted by atomic mass is 32.2. The largest absolute Gasteiger partial charge is 0.394 e. The van der Waals surface area contributed by atoms with Crippen molar-refractivity contribution >= 4 is 34.2 Å². The monoisotopic (exact) mass is 352 g/mol. The number of fused-ring (bicyclic) bond motifs is 1. The third kappa shape index (κ3) is 3.25. The van der Waals surface area contributed by atoms with Crippen LogP contribution < -0.4 is 10.6 Å². The van der Waals surface area contributed by atoms with Crippen molar-refractivity contribution in [1.82, 2.24) is 19.9 Å². The Labute approximate surface area is 151 Å². The van der Waals surface area contributed by atoms with Gasteiger partial charge in [-0.05, 0) is 19.2 Å². The van der Waals surface area contributed by atoms with Crippen molar-refractivity contribution in [3.05, 3.63) is 42.9 Å². The van der Waals surface area contributed by atoms with Crippen LogP contribution in [0.4, 0.5) is 11.5 Å². The smallest absolute Gasteiger partial charge is 0.156 e. The first-order valence-corrected chi connectivity index (χ1v) is 9.09. The van der Waals surface area contributed by atoms with Crippen LogP contribution >= 0.6 is 11.8 Å². The van der Waals surface area contributed by atoms with Gasteiger partial charge in [-0.25, -0.2) is 9.97 Å². The van der Waals surface area contributed by atoms with E-state index in [0.29, 0.717) is 5.69 Å². The summed E-state index contributed by atoms with van der Waals surface area (Å²) in [4.78, 5) is 19.0. The molecule has 1 saturated heterocycles. The predicted molar refractivity (Wildman–Crippen MR) is 102 cm³/mol. The van der Waals surface area contributed by atoms with Crippen LogP contribution in [-0.4, -0.2) is 53.1 Å². The molecule has 7 heteroatoms. The van der Waals surface area contributed by atoms with Crippen LogP contribution in [-0.2, 0) is 0 Å². The fourth-order valence-corrected chi connectivity index (χ4v) is 3.91. The molecule has 0 amide bonds. The van der Waals surface area contributed by atoms with E-state index in [1.54, 1.807) is 18.1 Å². The van der Waals surface area contributed by atoms with Crippen molar-refractivity contribution in [3.63, 3.8) is 0 Å².